The third-order valence-electron chi connectivity index (χ3n) is 4.24. The van der Waals surface area contributed by atoms with E-state index in [2.05, 4.69) is 10.3 Å². The normalized spacial score (nSPS) is 15.7. The molecular weight excluding hydrogens is 367 g/mol. The second-order valence-electron chi connectivity index (χ2n) is 6.18. The van der Waals surface area contributed by atoms with Crippen LogP contribution in [0.1, 0.15) is 26.4 Å². The number of ether oxygens (including phenoxy) is 1. The number of benzene rings is 2. The highest BCUT2D eigenvalue weighted by Crippen LogP contribution is 2.24. The van der Waals surface area contributed by atoms with Crippen LogP contribution in [0.5, 0.6) is 0 Å². The van der Waals surface area contributed by atoms with Crippen LogP contribution in [0.15, 0.2) is 54.7 Å². The van der Waals surface area contributed by atoms with Crippen molar-refractivity contribution in [2.75, 3.05) is 5.32 Å². The lowest BCUT2D eigenvalue weighted by molar-refractivity contribution is -0.125. The van der Waals surface area contributed by atoms with E-state index in [1.54, 1.807) is 24.4 Å². The highest BCUT2D eigenvalue weighted by molar-refractivity contribution is 7.15. The Balaban J connectivity index is 1.42. The Morgan fingerprint density at radius 3 is 2.96 bits per heavy atom. The van der Waals surface area contributed by atoms with Gasteiger partial charge in [-0.15, -0.1) is 11.3 Å². The average molecular weight is 382 g/mol. The fraction of sp³-hybridized carbons (Fsp3) is 0.150. The molecule has 1 N–H and O–H groups in total. The van der Waals surface area contributed by atoms with Crippen molar-refractivity contribution in [1.82, 2.24) is 4.98 Å². The van der Waals surface area contributed by atoms with Crippen molar-refractivity contribution in [3.05, 3.63) is 82.1 Å². The number of thiazole rings is 1. The minimum Gasteiger partial charge on any atom is -0.448 e. The summed E-state index contributed by atoms with van der Waals surface area (Å²) in [6.07, 6.45) is 1.61. The van der Waals surface area contributed by atoms with Crippen LogP contribution >= 0.6 is 11.3 Å². The zero-order valence-electron chi connectivity index (χ0n) is 14.1. The van der Waals surface area contributed by atoms with E-state index in [1.807, 2.05) is 18.2 Å². The van der Waals surface area contributed by atoms with Gasteiger partial charge < -0.3 is 4.74 Å². The Bertz CT molecular complexity index is 1020. The molecule has 1 aliphatic rings. The smallest absolute Gasteiger partial charge is 0.339 e. The standard InChI is InChI=1S/C20H15FN2O3S/c21-14-6-3-4-12(8-14)9-15-11-22-20(27-15)23-18(24)17-10-13-5-1-2-7-16(13)19(25)26-17/h1-8,11,17H,9-10H2,(H,22,23,24). The maximum Gasteiger partial charge on any atom is 0.339 e. The number of carbonyl (C=O) groups excluding carboxylic acids is 2. The van der Waals surface area contributed by atoms with Crippen LogP contribution in [0, 0.1) is 5.82 Å². The Kier molecular flexibility index (Phi) is 4.68. The lowest BCUT2D eigenvalue weighted by Gasteiger charge is -2.23. The van der Waals surface area contributed by atoms with E-state index in [4.69, 9.17) is 4.74 Å². The first-order valence-electron chi connectivity index (χ1n) is 8.37. The number of carbonyl (C=O) groups is 2. The molecule has 7 heteroatoms. The first kappa shape index (κ1) is 17.4. The Hall–Kier alpha value is -3.06. The van der Waals surface area contributed by atoms with Crippen LogP contribution in [-0.4, -0.2) is 23.0 Å². The second-order valence-corrected chi connectivity index (χ2v) is 7.30. The van der Waals surface area contributed by atoms with Gasteiger partial charge in [0.05, 0.1) is 5.56 Å². The molecule has 1 aromatic heterocycles. The molecule has 2 aromatic carbocycles. The van der Waals surface area contributed by atoms with Gasteiger partial charge in [-0.25, -0.2) is 14.2 Å². The van der Waals surface area contributed by atoms with Gasteiger partial charge in [0.15, 0.2) is 11.2 Å². The van der Waals surface area contributed by atoms with Gasteiger partial charge >= 0.3 is 5.97 Å². The minimum absolute atomic E-state index is 0.287. The summed E-state index contributed by atoms with van der Waals surface area (Å²) < 4.78 is 18.5. The summed E-state index contributed by atoms with van der Waals surface area (Å²) in [4.78, 5) is 29.6. The molecule has 0 bridgehead atoms. The molecule has 1 atom stereocenters. The van der Waals surface area contributed by atoms with E-state index in [-0.39, 0.29) is 5.82 Å². The van der Waals surface area contributed by atoms with E-state index >= 15 is 0 Å². The maximum atomic E-state index is 13.3. The maximum absolute atomic E-state index is 13.3. The van der Waals surface area contributed by atoms with Crippen LogP contribution in [-0.2, 0) is 22.4 Å². The molecule has 0 saturated carbocycles. The molecule has 2 heterocycles. The third kappa shape index (κ3) is 3.88. The van der Waals surface area contributed by atoms with Crippen molar-refractivity contribution in [2.45, 2.75) is 18.9 Å². The summed E-state index contributed by atoms with van der Waals surface area (Å²) in [5.74, 6) is -1.20. The van der Waals surface area contributed by atoms with E-state index in [1.165, 1.54) is 23.5 Å². The molecule has 27 heavy (non-hydrogen) atoms. The summed E-state index contributed by atoms with van der Waals surface area (Å²) in [5.41, 5.74) is 2.11. The highest BCUT2D eigenvalue weighted by Gasteiger charge is 2.31. The average Bonchev–Trinajstić information content (AvgIpc) is 3.08. The zero-order chi connectivity index (χ0) is 18.8. The molecule has 0 fully saturated rings. The predicted octanol–water partition coefficient (Wildman–Crippen LogP) is 3.59. The predicted molar refractivity (Wildman–Crippen MR) is 99.3 cm³/mol. The fourth-order valence-corrected chi connectivity index (χ4v) is 3.81. The minimum atomic E-state index is -0.886. The number of halogens is 1. The molecule has 1 unspecified atom stereocenters. The Labute approximate surface area is 158 Å². The first-order chi connectivity index (χ1) is 13.1. The SMILES string of the molecule is O=C1OC(C(=O)Nc2ncc(Cc3cccc(F)c3)s2)Cc2ccccc21. The van der Waals surface area contributed by atoms with Crippen LogP contribution < -0.4 is 5.32 Å². The van der Waals surface area contributed by atoms with Crippen LogP contribution in [0.4, 0.5) is 9.52 Å². The summed E-state index contributed by atoms with van der Waals surface area (Å²) >= 11 is 1.31. The molecular formula is C20H15FN2O3S. The summed E-state index contributed by atoms with van der Waals surface area (Å²) in [6.45, 7) is 0. The Morgan fingerprint density at radius 2 is 2.11 bits per heavy atom. The topological polar surface area (TPSA) is 68.3 Å². The van der Waals surface area contributed by atoms with E-state index < -0.39 is 18.0 Å². The Morgan fingerprint density at radius 1 is 1.26 bits per heavy atom. The molecule has 0 saturated heterocycles. The number of nitrogens with zero attached hydrogens (tertiary/aromatic N) is 1. The van der Waals surface area contributed by atoms with E-state index in [0.717, 1.165) is 16.0 Å². The van der Waals surface area contributed by atoms with Crippen LogP contribution in [0.25, 0.3) is 0 Å². The summed E-state index contributed by atoms with van der Waals surface area (Å²) in [7, 11) is 0. The van der Waals surface area contributed by atoms with E-state index in [9.17, 15) is 14.0 Å². The monoisotopic (exact) mass is 382 g/mol. The largest absolute Gasteiger partial charge is 0.448 e. The lowest BCUT2D eigenvalue weighted by Crippen LogP contribution is -2.37. The molecule has 136 valence electrons. The van der Waals surface area contributed by atoms with Gasteiger partial charge in [-0.05, 0) is 29.3 Å². The van der Waals surface area contributed by atoms with E-state index in [0.29, 0.717) is 23.5 Å². The van der Waals surface area contributed by atoms with Gasteiger partial charge in [-0.3, -0.25) is 10.1 Å². The van der Waals surface area contributed by atoms with Crippen molar-refractivity contribution in [3.8, 4) is 0 Å². The number of anilines is 1. The van der Waals surface area contributed by atoms with Crippen molar-refractivity contribution >= 4 is 28.3 Å². The van der Waals surface area contributed by atoms with Crippen molar-refractivity contribution in [3.63, 3.8) is 0 Å². The number of amides is 1. The molecule has 4 rings (SSSR count). The quantitative estimate of drug-likeness (QED) is 0.700. The van der Waals surface area contributed by atoms with Gasteiger partial charge in [0.25, 0.3) is 5.91 Å². The molecule has 0 spiro atoms. The van der Waals surface area contributed by atoms with Gasteiger partial charge in [-0.2, -0.15) is 0 Å². The second kappa shape index (κ2) is 7.28. The number of hydrogen-bond donors (Lipinski definition) is 1. The molecule has 5 nitrogen and oxygen atoms in total. The molecule has 1 aliphatic heterocycles. The number of hydrogen-bond acceptors (Lipinski definition) is 5. The number of nitrogens with one attached hydrogen (secondary N) is 1. The molecule has 0 radical (unpaired) electrons. The van der Waals surface area contributed by atoms with Gasteiger partial charge in [0.2, 0.25) is 0 Å². The number of aromatic nitrogens is 1. The highest BCUT2D eigenvalue weighted by atomic mass is 32.1. The molecule has 3 aromatic rings. The van der Waals surface area contributed by atoms with Crippen molar-refractivity contribution in [2.24, 2.45) is 0 Å². The fourth-order valence-electron chi connectivity index (χ4n) is 2.96. The van der Waals surface area contributed by atoms with Crippen molar-refractivity contribution < 1.29 is 18.7 Å². The summed E-state index contributed by atoms with van der Waals surface area (Å²) in [6, 6.07) is 13.4. The number of esters is 1. The lowest BCUT2D eigenvalue weighted by atomic mass is 9.98. The summed E-state index contributed by atoms with van der Waals surface area (Å²) in [5, 5.41) is 3.12. The number of rotatable bonds is 4. The zero-order valence-corrected chi connectivity index (χ0v) is 15.0. The number of fused-ring (bicyclic) bond motifs is 1. The van der Waals surface area contributed by atoms with Gasteiger partial charge in [0.1, 0.15) is 5.82 Å². The molecule has 1 amide bonds. The van der Waals surface area contributed by atoms with Crippen LogP contribution in [0.3, 0.4) is 0 Å². The third-order valence-corrected chi connectivity index (χ3v) is 5.15. The van der Waals surface area contributed by atoms with Crippen molar-refractivity contribution in [1.29, 1.82) is 0 Å². The molecule has 0 aliphatic carbocycles. The van der Waals surface area contributed by atoms with Crippen LogP contribution in [0.2, 0.25) is 0 Å². The van der Waals surface area contributed by atoms with Gasteiger partial charge in [0, 0.05) is 23.9 Å². The number of cyclic esters (lactones) is 1. The first-order valence-corrected chi connectivity index (χ1v) is 9.19. The van der Waals surface area contributed by atoms with Gasteiger partial charge in [-0.1, -0.05) is 30.3 Å².